The summed E-state index contributed by atoms with van der Waals surface area (Å²) in [5.41, 5.74) is 1.49. The Labute approximate surface area is 157 Å². The lowest BCUT2D eigenvalue weighted by atomic mass is 10.1. The standard InChI is InChI=1S/C20H24N2O5/c1-2-26-20(25)17-13-15-12-14(7-8-16(15)21-17)19(24)27-11-10-22-9-5-3-4-6-18(22)23/h7-8,12-13,21H,2-6,9-11H2,1H3. The van der Waals surface area contributed by atoms with E-state index in [2.05, 4.69) is 4.98 Å². The number of carbonyl (C=O) groups is 3. The molecule has 1 aromatic heterocycles. The first-order valence-corrected chi connectivity index (χ1v) is 9.33. The minimum absolute atomic E-state index is 0.129. The topological polar surface area (TPSA) is 88.7 Å². The highest BCUT2D eigenvalue weighted by atomic mass is 16.5. The Hall–Kier alpha value is -2.83. The Kier molecular flexibility index (Phi) is 6.11. The lowest BCUT2D eigenvalue weighted by Gasteiger charge is -2.20. The number of carbonyl (C=O) groups excluding carboxylic acids is 3. The van der Waals surface area contributed by atoms with Crippen LogP contribution in [0.2, 0.25) is 0 Å². The number of esters is 2. The molecule has 3 rings (SSSR count). The van der Waals surface area contributed by atoms with E-state index in [9.17, 15) is 14.4 Å². The Bertz CT molecular complexity index is 842. The zero-order valence-electron chi connectivity index (χ0n) is 15.5. The van der Waals surface area contributed by atoms with E-state index in [0.29, 0.717) is 30.8 Å². The van der Waals surface area contributed by atoms with Gasteiger partial charge in [-0.15, -0.1) is 0 Å². The second-order valence-electron chi connectivity index (χ2n) is 6.53. The van der Waals surface area contributed by atoms with E-state index in [1.54, 1.807) is 36.1 Å². The highest BCUT2D eigenvalue weighted by molar-refractivity contribution is 5.98. The molecule has 1 amide bonds. The number of hydrogen-bond acceptors (Lipinski definition) is 5. The lowest BCUT2D eigenvalue weighted by molar-refractivity contribution is -0.131. The Morgan fingerprint density at radius 3 is 2.78 bits per heavy atom. The molecular formula is C20H24N2O5. The third-order valence-electron chi connectivity index (χ3n) is 4.62. The number of benzene rings is 1. The van der Waals surface area contributed by atoms with Gasteiger partial charge in [-0.1, -0.05) is 6.42 Å². The number of hydrogen-bond donors (Lipinski definition) is 1. The van der Waals surface area contributed by atoms with Crippen LogP contribution in [0.5, 0.6) is 0 Å². The van der Waals surface area contributed by atoms with Gasteiger partial charge in [-0.05, 0) is 44.0 Å². The minimum atomic E-state index is -0.446. The fourth-order valence-electron chi connectivity index (χ4n) is 3.19. The molecule has 0 bridgehead atoms. The van der Waals surface area contributed by atoms with Crippen LogP contribution in [-0.2, 0) is 14.3 Å². The van der Waals surface area contributed by atoms with Gasteiger partial charge in [-0.25, -0.2) is 9.59 Å². The smallest absolute Gasteiger partial charge is 0.354 e. The van der Waals surface area contributed by atoms with Gasteiger partial charge in [0.15, 0.2) is 0 Å². The summed E-state index contributed by atoms with van der Waals surface area (Å²) >= 11 is 0. The number of H-pyrrole nitrogens is 1. The average Bonchev–Trinajstić information content (AvgIpc) is 2.99. The maximum Gasteiger partial charge on any atom is 0.354 e. The molecule has 2 heterocycles. The molecule has 1 saturated heterocycles. The number of likely N-dealkylation sites (tertiary alicyclic amines) is 1. The fraction of sp³-hybridized carbons (Fsp3) is 0.450. The minimum Gasteiger partial charge on any atom is -0.461 e. The van der Waals surface area contributed by atoms with Crippen molar-refractivity contribution < 1.29 is 23.9 Å². The second kappa shape index (κ2) is 8.70. The van der Waals surface area contributed by atoms with Crippen LogP contribution in [0.1, 0.15) is 53.5 Å². The third-order valence-corrected chi connectivity index (χ3v) is 4.62. The molecule has 1 aromatic carbocycles. The van der Waals surface area contributed by atoms with Crippen LogP contribution in [0.3, 0.4) is 0 Å². The van der Waals surface area contributed by atoms with E-state index in [4.69, 9.17) is 9.47 Å². The zero-order valence-corrected chi connectivity index (χ0v) is 15.5. The highest BCUT2D eigenvalue weighted by Crippen LogP contribution is 2.19. The summed E-state index contributed by atoms with van der Waals surface area (Å²) in [7, 11) is 0. The van der Waals surface area contributed by atoms with Crippen LogP contribution in [0.25, 0.3) is 10.9 Å². The van der Waals surface area contributed by atoms with Gasteiger partial charge in [-0.3, -0.25) is 4.79 Å². The van der Waals surface area contributed by atoms with E-state index >= 15 is 0 Å². The molecule has 2 aromatic rings. The number of aromatic amines is 1. The summed E-state index contributed by atoms with van der Waals surface area (Å²) in [6, 6.07) is 6.70. The largest absolute Gasteiger partial charge is 0.461 e. The number of nitrogens with one attached hydrogen (secondary N) is 1. The van der Waals surface area contributed by atoms with Crippen LogP contribution in [0.4, 0.5) is 0 Å². The normalized spacial score (nSPS) is 14.9. The van der Waals surface area contributed by atoms with E-state index in [-0.39, 0.29) is 12.5 Å². The van der Waals surface area contributed by atoms with Gasteiger partial charge in [0.25, 0.3) is 0 Å². The third kappa shape index (κ3) is 4.67. The summed E-state index contributed by atoms with van der Waals surface area (Å²) in [6.45, 7) is 3.36. The van der Waals surface area contributed by atoms with Crippen molar-refractivity contribution in [1.29, 1.82) is 0 Å². The van der Waals surface area contributed by atoms with Crippen molar-refractivity contribution in [2.24, 2.45) is 0 Å². The van der Waals surface area contributed by atoms with Crippen molar-refractivity contribution in [1.82, 2.24) is 9.88 Å². The Morgan fingerprint density at radius 2 is 1.96 bits per heavy atom. The molecule has 7 nitrogen and oxygen atoms in total. The Balaban J connectivity index is 1.60. The number of fused-ring (bicyclic) bond motifs is 1. The predicted molar refractivity (Wildman–Crippen MR) is 99.6 cm³/mol. The molecule has 0 aliphatic carbocycles. The predicted octanol–water partition coefficient (Wildman–Crippen LogP) is 2.90. The molecule has 0 spiro atoms. The summed E-state index contributed by atoms with van der Waals surface area (Å²) in [4.78, 5) is 40.8. The summed E-state index contributed by atoms with van der Waals surface area (Å²) in [5.74, 6) is -0.748. The number of nitrogens with zero attached hydrogens (tertiary/aromatic N) is 1. The molecule has 144 valence electrons. The molecule has 0 radical (unpaired) electrons. The molecule has 1 N–H and O–H groups in total. The molecule has 1 aliphatic heterocycles. The molecular weight excluding hydrogens is 348 g/mol. The molecule has 1 fully saturated rings. The van der Waals surface area contributed by atoms with Gasteiger partial charge in [-0.2, -0.15) is 0 Å². The highest BCUT2D eigenvalue weighted by Gasteiger charge is 2.17. The number of rotatable bonds is 6. The first kappa shape index (κ1) is 18.9. The van der Waals surface area contributed by atoms with Gasteiger partial charge >= 0.3 is 11.9 Å². The molecule has 0 saturated carbocycles. The molecule has 1 aliphatic rings. The second-order valence-corrected chi connectivity index (χ2v) is 6.53. The fourth-order valence-corrected chi connectivity index (χ4v) is 3.19. The van der Waals surface area contributed by atoms with Gasteiger partial charge < -0.3 is 19.4 Å². The summed E-state index contributed by atoms with van der Waals surface area (Å²) in [5, 5.41) is 0.732. The van der Waals surface area contributed by atoms with E-state index in [1.807, 2.05) is 0 Å². The summed E-state index contributed by atoms with van der Waals surface area (Å²) in [6.07, 6.45) is 3.56. The first-order chi connectivity index (χ1) is 13.1. The van der Waals surface area contributed by atoms with Crippen LogP contribution in [0, 0.1) is 0 Å². The van der Waals surface area contributed by atoms with Crippen LogP contribution in [-0.4, -0.2) is 54.0 Å². The van der Waals surface area contributed by atoms with E-state index in [0.717, 1.165) is 36.7 Å². The number of ether oxygens (including phenoxy) is 2. The van der Waals surface area contributed by atoms with E-state index < -0.39 is 11.9 Å². The maximum absolute atomic E-state index is 12.3. The zero-order chi connectivity index (χ0) is 19.2. The van der Waals surface area contributed by atoms with Gasteiger partial charge in [0.2, 0.25) is 5.91 Å². The van der Waals surface area contributed by atoms with Crippen molar-refractivity contribution in [3.05, 3.63) is 35.5 Å². The van der Waals surface area contributed by atoms with E-state index in [1.165, 1.54) is 0 Å². The first-order valence-electron chi connectivity index (χ1n) is 9.33. The SMILES string of the molecule is CCOC(=O)c1cc2cc(C(=O)OCCN3CCCCCC3=O)ccc2[nH]1. The molecule has 0 atom stereocenters. The Morgan fingerprint density at radius 1 is 1.11 bits per heavy atom. The van der Waals surface area contributed by atoms with Crippen molar-refractivity contribution in [3.63, 3.8) is 0 Å². The van der Waals surface area contributed by atoms with Gasteiger partial charge in [0, 0.05) is 23.9 Å². The van der Waals surface area contributed by atoms with Crippen LogP contribution < -0.4 is 0 Å². The van der Waals surface area contributed by atoms with Crippen molar-refractivity contribution in [2.45, 2.75) is 32.6 Å². The van der Waals surface area contributed by atoms with Gasteiger partial charge in [0.1, 0.15) is 12.3 Å². The monoisotopic (exact) mass is 372 g/mol. The van der Waals surface area contributed by atoms with Crippen molar-refractivity contribution >= 4 is 28.7 Å². The molecule has 7 heteroatoms. The number of aromatic nitrogens is 1. The van der Waals surface area contributed by atoms with Crippen LogP contribution in [0.15, 0.2) is 24.3 Å². The molecule has 0 unspecified atom stereocenters. The maximum atomic E-state index is 12.3. The molecule has 27 heavy (non-hydrogen) atoms. The quantitative estimate of drug-likeness (QED) is 0.788. The summed E-state index contributed by atoms with van der Waals surface area (Å²) < 4.78 is 10.3. The van der Waals surface area contributed by atoms with Crippen LogP contribution >= 0.6 is 0 Å². The van der Waals surface area contributed by atoms with Crippen molar-refractivity contribution in [2.75, 3.05) is 26.3 Å². The van der Waals surface area contributed by atoms with Gasteiger partial charge in [0.05, 0.1) is 18.7 Å². The average molecular weight is 372 g/mol. The van der Waals surface area contributed by atoms with Crippen molar-refractivity contribution in [3.8, 4) is 0 Å². The number of amides is 1. The lowest BCUT2D eigenvalue weighted by Crippen LogP contribution is -2.33.